The van der Waals surface area contributed by atoms with E-state index < -0.39 is 0 Å². The number of β-amino-alcohol motifs (C(OH)–C–C–N with tert-alkyl or cyclic N) is 1. The van der Waals surface area contributed by atoms with Gasteiger partial charge in [0.2, 0.25) is 5.91 Å². The lowest BCUT2D eigenvalue weighted by Gasteiger charge is -2.24. The standard InChI is InChI=1S/C16H24N2O2/c1-14(15-6-3-2-4-7-15)16(20)18-9-5-8-17(10-11-18)12-13-19/h2-4,6-7,14,19H,5,8-13H2,1H3. The molecule has 0 saturated carbocycles. The van der Waals surface area contributed by atoms with Crippen molar-refractivity contribution < 1.29 is 9.90 Å². The van der Waals surface area contributed by atoms with Gasteiger partial charge in [0, 0.05) is 26.2 Å². The largest absolute Gasteiger partial charge is 0.395 e. The Labute approximate surface area is 121 Å². The summed E-state index contributed by atoms with van der Waals surface area (Å²) in [5.74, 6) is 0.127. The summed E-state index contributed by atoms with van der Waals surface area (Å²) < 4.78 is 0. The lowest BCUT2D eigenvalue weighted by atomic mass is 10.00. The number of hydrogen-bond donors (Lipinski definition) is 1. The van der Waals surface area contributed by atoms with Crippen molar-refractivity contribution in [3.05, 3.63) is 35.9 Å². The van der Waals surface area contributed by atoms with E-state index in [2.05, 4.69) is 4.90 Å². The second kappa shape index (κ2) is 7.41. The molecular formula is C16H24N2O2. The number of hydrogen-bond acceptors (Lipinski definition) is 3. The van der Waals surface area contributed by atoms with Crippen molar-refractivity contribution >= 4 is 5.91 Å². The molecule has 2 rings (SSSR count). The summed E-state index contributed by atoms with van der Waals surface area (Å²) >= 11 is 0. The van der Waals surface area contributed by atoms with Gasteiger partial charge in [0.15, 0.2) is 0 Å². The summed E-state index contributed by atoms with van der Waals surface area (Å²) in [6, 6.07) is 9.95. The summed E-state index contributed by atoms with van der Waals surface area (Å²) in [7, 11) is 0. The lowest BCUT2D eigenvalue weighted by Crippen LogP contribution is -2.38. The minimum atomic E-state index is -0.0828. The maximum absolute atomic E-state index is 12.6. The van der Waals surface area contributed by atoms with E-state index in [4.69, 9.17) is 5.11 Å². The highest BCUT2D eigenvalue weighted by atomic mass is 16.3. The zero-order valence-electron chi connectivity index (χ0n) is 12.2. The number of aliphatic hydroxyl groups is 1. The van der Waals surface area contributed by atoms with Gasteiger partial charge in [0.1, 0.15) is 0 Å². The Morgan fingerprint density at radius 3 is 2.65 bits per heavy atom. The van der Waals surface area contributed by atoms with Crippen molar-refractivity contribution in [1.29, 1.82) is 0 Å². The van der Waals surface area contributed by atoms with Crippen molar-refractivity contribution in [2.75, 3.05) is 39.3 Å². The van der Waals surface area contributed by atoms with Crippen molar-refractivity contribution in [2.45, 2.75) is 19.3 Å². The zero-order chi connectivity index (χ0) is 14.4. The molecule has 4 nitrogen and oxygen atoms in total. The fraction of sp³-hybridized carbons (Fsp3) is 0.562. The van der Waals surface area contributed by atoms with Crippen molar-refractivity contribution in [3.8, 4) is 0 Å². The number of amides is 1. The van der Waals surface area contributed by atoms with Gasteiger partial charge in [-0.3, -0.25) is 9.69 Å². The molecule has 1 heterocycles. The van der Waals surface area contributed by atoms with Crippen molar-refractivity contribution in [1.82, 2.24) is 9.80 Å². The Morgan fingerprint density at radius 2 is 1.95 bits per heavy atom. The molecule has 1 aromatic carbocycles. The molecule has 0 aliphatic carbocycles. The number of rotatable bonds is 4. The highest BCUT2D eigenvalue weighted by molar-refractivity contribution is 5.83. The first kappa shape index (κ1) is 15.0. The SMILES string of the molecule is CC(C(=O)N1CCCN(CCO)CC1)c1ccccc1. The van der Waals surface area contributed by atoms with Crippen molar-refractivity contribution in [3.63, 3.8) is 0 Å². The minimum absolute atomic E-state index is 0.0828. The summed E-state index contributed by atoms with van der Waals surface area (Å²) in [6.45, 7) is 6.27. The molecule has 0 radical (unpaired) electrons. The number of nitrogens with zero attached hydrogens (tertiary/aromatic N) is 2. The van der Waals surface area contributed by atoms with Crippen LogP contribution < -0.4 is 0 Å². The maximum atomic E-state index is 12.6. The molecular weight excluding hydrogens is 252 g/mol. The first-order valence-corrected chi connectivity index (χ1v) is 7.39. The van der Waals surface area contributed by atoms with Gasteiger partial charge in [0.05, 0.1) is 12.5 Å². The number of carbonyl (C=O) groups is 1. The van der Waals surface area contributed by atoms with Gasteiger partial charge in [-0.05, 0) is 25.5 Å². The van der Waals surface area contributed by atoms with E-state index >= 15 is 0 Å². The van der Waals surface area contributed by atoms with Crippen LogP contribution in [0.5, 0.6) is 0 Å². The van der Waals surface area contributed by atoms with E-state index in [0.717, 1.165) is 38.2 Å². The van der Waals surface area contributed by atoms with Gasteiger partial charge in [-0.25, -0.2) is 0 Å². The quantitative estimate of drug-likeness (QED) is 0.902. The van der Waals surface area contributed by atoms with E-state index in [1.165, 1.54) is 0 Å². The number of carbonyl (C=O) groups excluding carboxylic acids is 1. The average Bonchev–Trinajstić information content (AvgIpc) is 2.73. The molecule has 1 amide bonds. The van der Waals surface area contributed by atoms with Crippen LogP contribution in [0, 0.1) is 0 Å². The Bertz CT molecular complexity index is 422. The van der Waals surface area contributed by atoms with Crippen LogP contribution in [-0.2, 0) is 4.79 Å². The molecule has 20 heavy (non-hydrogen) atoms. The highest BCUT2D eigenvalue weighted by Crippen LogP contribution is 2.18. The van der Waals surface area contributed by atoms with Gasteiger partial charge in [-0.15, -0.1) is 0 Å². The molecule has 4 heteroatoms. The van der Waals surface area contributed by atoms with Gasteiger partial charge in [0.25, 0.3) is 0 Å². The number of aliphatic hydroxyl groups excluding tert-OH is 1. The van der Waals surface area contributed by atoms with Crippen LogP contribution in [0.3, 0.4) is 0 Å². The van der Waals surface area contributed by atoms with Gasteiger partial charge in [-0.2, -0.15) is 0 Å². The molecule has 0 spiro atoms. The Hall–Kier alpha value is -1.39. The van der Waals surface area contributed by atoms with Crippen molar-refractivity contribution in [2.24, 2.45) is 0 Å². The molecule has 1 saturated heterocycles. The molecule has 1 aliphatic rings. The molecule has 0 aromatic heterocycles. The molecule has 0 bridgehead atoms. The Morgan fingerprint density at radius 1 is 1.20 bits per heavy atom. The zero-order valence-corrected chi connectivity index (χ0v) is 12.2. The van der Waals surface area contributed by atoms with E-state index in [1.54, 1.807) is 0 Å². The van der Waals surface area contributed by atoms with E-state index in [1.807, 2.05) is 42.2 Å². The van der Waals surface area contributed by atoms with Crippen LogP contribution in [0.25, 0.3) is 0 Å². The lowest BCUT2D eigenvalue weighted by molar-refractivity contribution is -0.132. The van der Waals surface area contributed by atoms with Crippen LogP contribution in [0.15, 0.2) is 30.3 Å². The minimum Gasteiger partial charge on any atom is -0.395 e. The second-order valence-corrected chi connectivity index (χ2v) is 5.38. The Balaban J connectivity index is 1.95. The van der Waals surface area contributed by atoms with Gasteiger partial charge < -0.3 is 10.0 Å². The molecule has 110 valence electrons. The predicted octanol–water partition coefficient (Wildman–Crippen LogP) is 1.32. The third-order valence-corrected chi connectivity index (χ3v) is 3.99. The van der Waals surface area contributed by atoms with Gasteiger partial charge in [-0.1, -0.05) is 30.3 Å². The first-order chi connectivity index (χ1) is 9.72. The second-order valence-electron chi connectivity index (χ2n) is 5.38. The van der Waals surface area contributed by atoms with Crippen LogP contribution >= 0.6 is 0 Å². The molecule has 1 aliphatic heterocycles. The summed E-state index contributed by atoms with van der Waals surface area (Å²) in [6.07, 6.45) is 0.979. The predicted molar refractivity (Wildman–Crippen MR) is 79.6 cm³/mol. The summed E-state index contributed by atoms with van der Waals surface area (Å²) in [5, 5.41) is 9.00. The average molecular weight is 276 g/mol. The van der Waals surface area contributed by atoms with Crippen LogP contribution in [0.4, 0.5) is 0 Å². The topological polar surface area (TPSA) is 43.8 Å². The molecule has 1 atom stereocenters. The van der Waals surface area contributed by atoms with E-state index in [0.29, 0.717) is 6.54 Å². The molecule has 1 fully saturated rings. The van der Waals surface area contributed by atoms with Crippen LogP contribution in [0.1, 0.15) is 24.8 Å². The maximum Gasteiger partial charge on any atom is 0.229 e. The highest BCUT2D eigenvalue weighted by Gasteiger charge is 2.23. The molecule has 1 unspecified atom stereocenters. The normalized spacial score (nSPS) is 18.6. The van der Waals surface area contributed by atoms with Crippen LogP contribution in [0.2, 0.25) is 0 Å². The monoisotopic (exact) mass is 276 g/mol. The Kier molecular flexibility index (Phi) is 5.56. The first-order valence-electron chi connectivity index (χ1n) is 7.39. The molecule has 1 aromatic rings. The third-order valence-electron chi connectivity index (χ3n) is 3.99. The van der Waals surface area contributed by atoms with Crippen LogP contribution in [-0.4, -0.2) is 60.1 Å². The fourth-order valence-corrected chi connectivity index (χ4v) is 2.71. The summed E-state index contributed by atoms with van der Waals surface area (Å²) in [4.78, 5) is 16.8. The fourth-order valence-electron chi connectivity index (χ4n) is 2.71. The van der Waals surface area contributed by atoms with E-state index in [-0.39, 0.29) is 18.4 Å². The summed E-state index contributed by atoms with van der Waals surface area (Å²) in [5.41, 5.74) is 1.08. The van der Waals surface area contributed by atoms with E-state index in [9.17, 15) is 4.79 Å². The molecule has 1 N–H and O–H groups in total. The van der Waals surface area contributed by atoms with Gasteiger partial charge >= 0.3 is 0 Å². The smallest absolute Gasteiger partial charge is 0.229 e. The number of benzene rings is 1. The third kappa shape index (κ3) is 3.81.